The van der Waals surface area contributed by atoms with Crippen LogP contribution in [0.25, 0.3) is 0 Å². The van der Waals surface area contributed by atoms with E-state index in [1.165, 1.54) is 0 Å². The predicted octanol–water partition coefficient (Wildman–Crippen LogP) is -5.40. The molecule has 23 heavy (non-hydrogen) atoms. The third-order valence-electron chi connectivity index (χ3n) is 3.98. The van der Waals surface area contributed by atoms with Gasteiger partial charge in [-0.05, 0) is 0 Å². The minimum Gasteiger partial charge on any atom is -0.394 e. The zero-order valence-electron chi connectivity index (χ0n) is 12.0. The molecule has 10 atom stereocenters. The van der Waals surface area contributed by atoms with Gasteiger partial charge >= 0.3 is 0 Å². The molecular weight excluding hydrogens is 320 g/mol. The molecule has 2 heterocycles. The van der Waals surface area contributed by atoms with Gasteiger partial charge < -0.3 is 55.1 Å². The topological polar surface area (TPSA) is 190 Å². The molecule has 8 N–H and O–H groups in total. The highest BCUT2D eigenvalue weighted by Crippen LogP contribution is 2.28. The van der Waals surface area contributed by atoms with Gasteiger partial charge in [-0.1, -0.05) is 0 Å². The molecule has 136 valence electrons. The number of rotatable bonds is 4. The van der Waals surface area contributed by atoms with Crippen molar-refractivity contribution in [3.05, 3.63) is 0 Å². The lowest BCUT2D eigenvalue weighted by atomic mass is 9.97. The number of hydrogen-bond donors (Lipinski definition) is 8. The second-order valence-corrected chi connectivity index (χ2v) is 5.53. The molecule has 11 heteroatoms. The van der Waals surface area contributed by atoms with Gasteiger partial charge in [-0.15, -0.1) is 0 Å². The molecule has 11 nitrogen and oxygen atoms in total. The van der Waals surface area contributed by atoms with Gasteiger partial charge in [-0.3, -0.25) is 0 Å². The monoisotopic (exact) mass is 342 g/mol. The minimum atomic E-state index is -1.74. The second-order valence-electron chi connectivity index (χ2n) is 5.53. The van der Waals surface area contributed by atoms with Crippen molar-refractivity contribution in [1.82, 2.24) is 0 Å². The molecule has 0 aliphatic carbocycles. The fourth-order valence-corrected chi connectivity index (χ4v) is 2.57. The maximum absolute atomic E-state index is 9.94. The SMILES string of the molecule is OCC1O[C@@H](O[C@@H]2C(CO)O[C@H](O)C(O)C2O)C(O)C(O)[C@H]1O. The van der Waals surface area contributed by atoms with E-state index in [2.05, 4.69) is 0 Å². The number of aliphatic hydroxyl groups is 8. The molecule has 6 unspecified atom stereocenters. The van der Waals surface area contributed by atoms with Gasteiger partial charge in [0.15, 0.2) is 12.6 Å². The fourth-order valence-electron chi connectivity index (χ4n) is 2.57. The normalized spacial score (nSPS) is 51.7. The molecule has 0 radical (unpaired) electrons. The van der Waals surface area contributed by atoms with Crippen LogP contribution in [0.15, 0.2) is 0 Å². The lowest BCUT2D eigenvalue weighted by Gasteiger charge is -2.45. The highest BCUT2D eigenvalue weighted by atomic mass is 16.7. The van der Waals surface area contributed by atoms with Crippen molar-refractivity contribution >= 4 is 0 Å². The molecule has 0 aromatic heterocycles. The van der Waals surface area contributed by atoms with Crippen LogP contribution in [0.5, 0.6) is 0 Å². The Morgan fingerprint density at radius 3 is 1.83 bits per heavy atom. The van der Waals surface area contributed by atoms with Crippen molar-refractivity contribution in [2.75, 3.05) is 13.2 Å². The molecule has 2 rings (SSSR count). The highest BCUT2D eigenvalue weighted by Gasteiger charge is 2.50. The Bertz CT molecular complexity index is 378. The zero-order valence-corrected chi connectivity index (χ0v) is 12.0. The first-order valence-corrected chi connectivity index (χ1v) is 7.08. The Labute approximate surface area is 130 Å². The highest BCUT2D eigenvalue weighted by molar-refractivity contribution is 4.93. The van der Waals surface area contributed by atoms with Crippen molar-refractivity contribution in [3.8, 4) is 0 Å². The van der Waals surface area contributed by atoms with E-state index in [1.807, 2.05) is 0 Å². The summed E-state index contributed by atoms with van der Waals surface area (Å²) in [7, 11) is 0. The van der Waals surface area contributed by atoms with E-state index in [0.717, 1.165) is 0 Å². The first-order valence-electron chi connectivity index (χ1n) is 7.08. The Kier molecular flexibility index (Phi) is 6.27. The average molecular weight is 342 g/mol. The molecule has 0 aromatic carbocycles. The molecule has 0 amide bonds. The third kappa shape index (κ3) is 3.65. The standard InChI is InChI=1S/C12H22O11/c13-1-3-5(15)6(16)9(19)12(22-3)23-10-4(2-14)21-11(20)8(18)7(10)17/h3-20H,1-2H2/t3?,4?,5-,6?,7?,8?,9?,10+,11-,12-/m0/s1. The summed E-state index contributed by atoms with van der Waals surface area (Å²) < 4.78 is 15.3. The van der Waals surface area contributed by atoms with E-state index in [-0.39, 0.29) is 0 Å². The van der Waals surface area contributed by atoms with Crippen LogP contribution in [0.4, 0.5) is 0 Å². The van der Waals surface area contributed by atoms with Gasteiger partial charge in [-0.25, -0.2) is 0 Å². The Morgan fingerprint density at radius 2 is 1.26 bits per heavy atom. The largest absolute Gasteiger partial charge is 0.394 e. The van der Waals surface area contributed by atoms with Crippen LogP contribution >= 0.6 is 0 Å². The van der Waals surface area contributed by atoms with Crippen LogP contribution in [0, 0.1) is 0 Å². The summed E-state index contributed by atoms with van der Waals surface area (Å²) in [6.45, 7) is -1.35. The van der Waals surface area contributed by atoms with Gasteiger partial charge in [-0.2, -0.15) is 0 Å². The van der Waals surface area contributed by atoms with E-state index in [9.17, 15) is 35.7 Å². The van der Waals surface area contributed by atoms with Crippen LogP contribution in [-0.2, 0) is 14.2 Å². The Hall–Kier alpha value is -0.440. The number of ether oxygens (including phenoxy) is 3. The van der Waals surface area contributed by atoms with Crippen LogP contribution < -0.4 is 0 Å². The van der Waals surface area contributed by atoms with E-state index in [0.29, 0.717) is 0 Å². The van der Waals surface area contributed by atoms with Gasteiger partial charge in [0.05, 0.1) is 13.2 Å². The summed E-state index contributed by atoms with van der Waals surface area (Å²) in [6.07, 6.45) is -15.6. The second kappa shape index (κ2) is 7.63. The minimum absolute atomic E-state index is 0.667. The van der Waals surface area contributed by atoms with E-state index in [1.54, 1.807) is 0 Å². The first kappa shape index (κ1) is 18.9. The Morgan fingerprint density at radius 1 is 0.652 bits per heavy atom. The van der Waals surface area contributed by atoms with Crippen molar-refractivity contribution < 1.29 is 55.1 Å². The average Bonchev–Trinajstić information content (AvgIpc) is 2.55. The van der Waals surface area contributed by atoms with Crippen LogP contribution in [0.2, 0.25) is 0 Å². The maximum Gasteiger partial charge on any atom is 0.187 e. The van der Waals surface area contributed by atoms with Crippen LogP contribution in [0.1, 0.15) is 0 Å². The summed E-state index contributed by atoms with van der Waals surface area (Å²) in [5.41, 5.74) is 0. The first-order chi connectivity index (χ1) is 10.8. The summed E-state index contributed by atoms with van der Waals surface area (Å²) in [4.78, 5) is 0. The molecular formula is C12H22O11. The molecule has 0 saturated carbocycles. The van der Waals surface area contributed by atoms with Gasteiger partial charge in [0.1, 0.15) is 48.8 Å². The fraction of sp³-hybridized carbons (Fsp3) is 1.00. The van der Waals surface area contributed by atoms with Gasteiger partial charge in [0.25, 0.3) is 0 Å². The quantitative estimate of drug-likeness (QED) is 0.243. The van der Waals surface area contributed by atoms with Crippen LogP contribution in [-0.4, -0.2) is 115 Å². The van der Waals surface area contributed by atoms with Crippen molar-refractivity contribution in [2.45, 2.75) is 61.4 Å². The molecule has 0 aromatic rings. The Balaban J connectivity index is 2.11. The maximum atomic E-state index is 9.94. The molecule has 2 aliphatic heterocycles. The molecule has 2 aliphatic rings. The lowest BCUT2D eigenvalue weighted by Crippen LogP contribution is -2.64. The summed E-state index contributed by atoms with van der Waals surface area (Å²) in [6, 6.07) is 0. The third-order valence-corrected chi connectivity index (χ3v) is 3.98. The molecule has 0 spiro atoms. The summed E-state index contributed by atoms with van der Waals surface area (Å²) in [5, 5.41) is 76.5. The van der Waals surface area contributed by atoms with Crippen molar-refractivity contribution in [2.24, 2.45) is 0 Å². The van der Waals surface area contributed by atoms with E-state index >= 15 is 0 Å². The van der Waals surface area contributed by atoms with Crippen molar-refractivity contribution in [3.63, 3.8) is 0 Å². The van der Waals surface area contributed by atoms with E-state index in [4.69, 9.17) is 19.3 Å². The molecule has 2 fully saturated rings. The predicted molar refractivity (Wildman–Crippen MR) is 68.6 cm³/mol. The van der Waals surface area contributed by atoms with Crippen LogP contribution in [0.3, 0.4) is 0 Å². The summed E-state index contributed by atoms with van der Waals surface area (Å²) >= 11 is 0. The zero-order chi connectivity index (χ0) is 17.3. The summed E-state index contributed by atoms with van der Waals surface area (Å²) in [5.74, 6) is 0. The van der Waals surface area contributed by atoms with Crippen molar-refractivity contribution in [1.29, 1.82) is 0 Å². The lowest BCUT2D eigenvalue weighted by molar-refractivity contribution is -0.355. The van der Waals surface area contributed by atoms with Gasteiger partial charge in [0.2, 0.25) is 0 Å². The molecule has 2 saturated heterocycles. The van der Waals surface area contributed by atoms with E-state index < -0.39 is 74.6 Å². The van der Waals surface area contributed by atoms with Gasteiger partial charge in [0, 0.05) is 0 Å². The number of hydrogen-bond acceptors (Lipinski definition) is 11. The number of aliphatic hydroxyl groups excluding tert-OH is 8. The molecule has 0 bridgehead atoms. The smallest absolute Gasteiger partial charge is 0.187 e.